The molecule has 0 bridgehead atoms. The van der Waals surface area contributed by atoms with Crippen molar-refractivity contribution in [1.29, 1.82) is 5.26 Å². The van der Waals surface area contributed by atoms with E-state index in [-0.39, 0.29) is 0 Å². The molecule has 0 fully saturated rings. The maximum Gasteiger partial charge on any atom is 0.417 e. The molecule has 0 saturated carbocycles. The molecule has 0 spiro atoms. The lowest BCUT2D eigenvalue weighted by atomic mass is 10.0. The molecule has 1 aromatic rings. The Morgan fingerprint density at radius 3 is 2.41 bits per heavy atom. The van der Waals surface area contributed by atoms with E-state index in [1.807, 2.05) is 0 Å². The largest absolute Gasteiger partial charge is 0.417 e. The third-order valence-corrected chi connectivity index (χ3v) is 2.03. The molecule has 0 aliphatic carbocycles. The molecule has 1 aromatic carbocycles. The Labute approximate surface area is 92.9 Å². The van der Waals surface area contributed by atoms with Gasteiger partial charge < -0.3 is 5.11 Å². The van der Waals surface area contributed by atoms with Crippen LogP contribution in [0.25, 0.3) is 0 Å². The normalized spacial score (nSPS) is 11.0. The number of aliphatic hydroxyl groups excluding tert-OH is 1. The SMILES string of the molecule is N#Cc1cc([N+](=O)[O-])cc(C(F)(F)F)c1CO. The predicted octanol–water partition coefficient (Wildman–Crippen LogP) is 1.98. The van der Waals surface area contributed by atoms with Crippen LogP contribution >= 0.6 is 0 Å². The Balaban J connectivity index is 3.61. The minimum Gasteiger partial charge on any atom is -0.392 e. The summed E-state index contributed by atoms with van der Waals surface area (Å²) < 4.78 is 37.7. The first-order valence-corrected chi connectivity index (χ1v) is 4.20. The summed E-state index contributed by atoms with van der Waals surface area (Å²) in [6, 6.07) is 2.38. The zero-order chi connectivity index (χ0) is 13.2. The van der Waals surface area contributed by atoms with Crippen LogP contribution in [0, 0.1) is 21.4 Å². The van der Waals surface area contributed by atoms with Crippen molar-refractivity contribution in [3.63, 3.8) is 0 Å². The quantitative estimate of drug-likeness (QED) is 0.638. The lowest BCUT2D eigenvalue weighted by Crippen LogP contribution is -2.11. The Morgan fingerprint density at radius 2 is 2.06 bits per heavy atom. The molecule has 5 nitrogen and oxygen atoms in total. The van der Waals surface area contributed by atoms with Gasteiger partial charge in [-0.15, -0.1) is 0 Å². The molecule has 8 heteroatoms. The van der Waals surface area contributed by atoms with E-state index >= 15 is 0 Å². The number of halogens is 3. The molecule has 0 aliphatic heterocycles. The van der Waals surface area contributed by atoms with Gasteiger partial charge in [-0.3, -0.25) is 10.1 Å². The molecule has 90 valence electrons. The fourth-order valence-corrected chi connectivity index (χ4v) is 1.29. The van der Waals surface area contributed by atoms with E-state index in [4.69, 9.17) is 10.4 Å². The molecule has 0 radical (unpaired) electrons. The van der Waals surface area contributed by atoms with Crippen LogP contribution in [0.2, 0.25) is 0 Å². The van der Waals surface area contributed by atoms with E-state index < -0.39 is 40.1 Å². The third kappa shape index (κ3) is 2.51. The van der Waals surface area contributed by atoms with Crippen molar-refractivity contribution in [3.8, 4) is 6.07 Å². The molecule has 0 aliphatic rings. The summed E-state index contributed by atoms with van der Waals surface area (Å²) in [5.74, 6) is 0. The van der Waals surface area contributed by atoms with Crippen molar-refractivity contribution >= 4 is 5.69 Å². The molecule has 17 heavy (non-hydrogen) atoms. The maximum absolute atomic E-state index is 12.6. The van der Waals surface area contributed by atoms with Gasteiger partial charge in [0.25, 0.3) is 5.69 Å². The minimum atomic E-state index is -4.87. The number of nitro groups is 1. The number of non-ortho nitro benzene ring substituents is 1. The van der Waals surface area contributed by atoms with Gasteiger partial charge in [-0.1, -0.05) is 0 Å². The van der Waals surface area contributed by atoms with Crippen LogP contribution in [0.5, 0.6) is 0 Å². The van der Waals surface area contributed by atoms with Crippen LogP contribution in [0.3, 0.4) is 0 Å². The van der Waals surface area contributed by atoms with Gasteiger partial charge in [-0.2, -0.15) is 18.4 Å². The van der Waals surface area contributed by atoms with E-state index in [2.05, 4.69) is 0 Å². The topological polar surface area (TPSA) is 87.2 Å². The molecule has 1 N–H and O–H groups in total. The highest BCUT2D eigenvalue weighted by atomic mass is 19.4. The number of benzene rings is 1. The zero-order valence-corrected chi connectivity index (χ0v) is 8.15. The second-order valence-corrected chi connectivity index (χ2v) is 3.04. The number of rotatable bonds is 2. The predicted molar refractivity (Wildman–Crippen MR) is 48.7 cm³/mol. The van der Waals surface area contributed by atoms with Gasteiger partial charge >= 0.3 is 6.18 Å². The van der Waals surface area contributed by atoms with Crippen LogP contribution in [0.4, 0.5) is 18.9 Å². The summed E-state index contributed by atoms with van der Waals surface area (Å²) in [7, 11) is 0. The second kappa shape index (κ2) is 4.39. The maximum atomic E-state index is 12.6. The van der Waals surface area contributed by atoms with E-state index in [0.717, 1.165) is 0 Å². The monoisotopic (exact) mass is 246 g/mol. The molecule has 0 unspecified atom stereocenters. The van der Waals surface area contributed by atoms with Crippen LogP contribution in [0.15, 0.2) is 12.1 Å². The van der Waals surface area contributed by atoms with Gasteiger partial charge in [-0.25, -0.2) is 0 Å². The number of nitriles is 1. The standard InChI is InChI=1S/C9H5F3N2O3/c10-9(11,12)8-2-6(14(16)17)1-5(3-13)7(8)4-15/h1-2,15H,4H2. The molecule has 0 amide bonds. The average molecular weight is 246 g/mol. The van der Waals surface area contributed by atoms with Gasteiger partial charge in [0.2, 0.25) is 0 Å². The number of hydrogen-bond donors (Lipinski definition) is 1. The smallest absolute Gasteiger partial charge is 0.392 e. The summed E-state index contributed by atoms with van der Waals surface area (Å²) in [6.07, 6.45) is -4.87. The van der Waals surface area contributed by atoms with E-state index in [1.165, 1.54) is 6.07 Å². The number of aliphatic hydroxyl groups is 1. The summed E-state index contributed by atoms with van der Waals surface area (Å²) in [5.41, 5.74) is -3.43. The molecular formula is C9H5F3N2O3. The lowest BCUT2D eigenvalue weighted by Gasteiger charge is -2.12. The molecule has 0 saturated heterocycles. The van der Waals surface area contributed by atoms with Crippen molar-refractivity contribution < 1.29 is 23.2 Å². The number of nitrogens with zero attached hydrogens (tertiary/aromatic N) is 2. The Bertz CT molecular complexity index is 505. The molecule has 1 rings (SSSR count). The molecule has 0 heterocycles. The summed E-state index contributed by atoms with van der Waals surface area (Å²) in [6.45, 7) is -1.02. The van der Waals surface area contributed by atoms with Crippen LogP contribution in [-0.2, 0) is 12.8 Å². The Kier molecular flexibility index (Phi) is 3.34. The highest BCUT2D eigenvalue weighted by Gasteiger charge is 2.36. The lowest BCUT2D eigenvalue weighted by molar-refractivity contribution is -0.385. The van der Waals surface area contributed by atoms with Crippen molar-refractivity contribution in [3.05, 3.63) is 38.9 Å². The van der Waals surface area contributed by atoms with Gasteiger partial charge in [0.1, 0.15) is 0 Å². The first-order chi connectivity index (χ1) is 7.81. The van der Waals surface area contributed by atoms with Crippen molar-refractivity contribution in [2.75, 3.05) is 0 Å². The Morgan fingerprint density at radius 1 is 1.47 bits per heavy atom. The van der Waals surface area contributed by atoms with Crippen LogP contribution in [0.1, 0.15) is 16.7 Å². The molecule has 0 atom stereocenters. The van der Waals surface area contributed by atoms with Crippen LogP contribution in [-0.4, -0.2) is 10.0 Å². The van der Waals surface area contributed by atoms with E-state index in [1.54, 1.807) is 0 Å². The molecular weight excluding hydrogens is 241 g/mol. The number of alkyl halides is 3. The number of hydrogen-bond acceptors (Lipinski definition) is 4. The fourth-order valence-electron chi connectivity index (χ4n) is 1.29. The second-order valence-electron chi connectivity index (χ2n) is 3.04. The van der Waals surface area contributed by atoms with Crippen molar-refractivity contribution in [2.45, 2.75) is 12.8 Å². The minimum absolute atomic E-state index is 0.298. The van der Waals surface area contributed by atoms with Crippen molar-refractivity contribution in [2.24, 2.45) is 0 Å². The van der Waals surface area contributed by atoms with Gasteiger partial charge in [0, 0.05) is 17.7 Å². The van der Waals surface area contributed by atoms with E-state index in [9.17, 15) is 23.3 Å². The highest BCUT2D eigenvalue weighted by molar-refractivity contribution is 5.51. The van der Waals surface area contributed by atoms with Gasteiger partial charge in [-0.05, 0) is 0 Å². The van der Waals surface area contributed by atoms with E-state index in [0.29, 0.717) is 12.1 Å². The van der Waals surface area contributed by atoms with Gasteiger partial charge in [0.15, 0.2) is 0 Å². The highest BCUT2D eigenvalue weighted by Crippen LogP contribution is 2.36. The first-order valence-electron chi connectivity index (χ1n) is 4.20. The summed E-state index contributed by atoms with van der Waals surface area (Å²) >= 11 is 0. The van der Waals surface area contributed by atoms with Crippen molar-refractivity contribution in [1.82, 2.24) is 0 Å². The zero-order valence-electron chi connectivity index (χ0n) is 8.15. The first kappa shape index (κ1) is 12.9. The summed E-state index contributed by atoms with van der Waals surface area (Å²) in [5, 5.41) is 27.8. The average Bonchev–Trinajstić information content (AvgIpc) is 2.25. The fraction of sp³-hybridized carbons (Fsp3) is 0.222. The van der Waals surface area contributed by atoms with Crippen LogP contribution < -0.4 is 0 Å². The Hall–Kier alpha value is -2.14. The summed E-state index contributed by atoms with van der Waals surface area (Å²) in [4.78, 5) is 9.38. The number of nitro benzene ring substituents is 1. The molecule has 0 aromatic heterocycles. The van der Waals surface area contributed by atoms with Gasteiger partial charge in [0.05, 0.1) is 28.7 Å². The third-order valence-electron chi connectivity index (χ3n) is 2.03.